The van der Waals surface area contributed by atoms with Crippen molar-refractivity contribution in [3.05, 3.63) is 30.3 Å². The molecule has 112 valence electrons. The average molecular weight is 286 g/mol. The van der Waals surface area contributed by atoms with Gasteiger partial charge in [0.25, 0.3) is 0 Å². The molecule has 0 atom stereocenters. The Morgan fingerprint density at radius 1 is 1.10 bits per heavy atom. The molecule has 5 nitrogen and oxygen atoms in total. The van der Waals surface area contributed by atoms with E-state index in [9.17, 15) is 0 Å². The zero-order valence-corrected chi connectivity index (χ0v) is 12.2. The summed E-state index contributed by atoms with van der Waals surface area (Å²) in [5.41, 5.74) is 7.56. The zero-order chi connectivity index (χ0) is 14.7. The molecule has 0 amide bonds. The van der Waals surface area contributed by atoms with Crippen LogP contribution in [0.15, 0.2) is 30.3 Å². The van der Waals surface area contributed by atoms with E-state index in [4.69, 9.17) is 15.8 Å². The van der Waals surface area contributed by atoms with E-state index < -0.39 is 0 Å². The minimum absolute atomic E-state index is 0.232. The largest absolute Gasteiger partial charge is 0.399 e. The lowest BCUT2D eigenvalue weighted by Crippen LogP contribution is -2.32. The number of β-amino-alcohol motifs (C(OH)–C–C–N with tert-alkyl or cyclic N) is 1. The molecule has 0 aliphatic carbocycles. The molecule has 1 aliphatic rings. The predicted molar refractivity (Wildman–Crippen MR) is 86.5 cm³/mol. The fraction of sp³-hybridized carbons (Fsp3) is 0.438. The fourth-order valence-corrected chi connectivity index (χ4v) is 2.87. The van der Waals surface area contributed by atoms with Gasteiger partial charge < -0.3 is 15.7 Å². The Morgan fingerprint density at radius 3 is 2.86 bits per heavy atom. The maximum Gasteiger partial charge on any atom is 0.129 e. The summed E-state index contributed by atoms with van der Waals surface area (Å²) in [6, 6.07) is 9.99. The summed E-state index contributed by atoms with van der Waals surface area (Å²) >= 11 is 0. The maximum absolute atomic E-state index is 9.06. The number of fused-ring (bicyclic) bond motifs is 1. The summed E-state index contributed by atoms with van der Waals surface area (Å²) in [4.78, 5) is 9.39. The van der Waals surface area contributed by atoms with Crippen molar-refractivity contribution in [2.75, 3.05) is 50.0 Å². The second-order valence-corrected chi connectivity index (χ2v) is 5.53. The molecule has 2 heterocycles. The second kappa shape index (κ2) is 6.28. The van der Waals surface area contributed by atoms with Gasteiger partial charge in [0, 0.05) is 37.3 Å². The number of pyridine rings is 1. The van der Waals surface area contributed by atoms with Crippen molar-refractivity contribution >= 4 is 22.4 Å². The number of aliphatic hydroxyl groups excluding tert-OH is 1. The Kier molecular flexibility index (Phi) is 4.22. The highest BCUT2D eigenvalue weighted by Gasteiger charge is 2.15. The molecule has 3 N–H and O–H groups in total. The predicted octanol–water partition coefficient (Wildman–Crippen LogP) is 1.32. The smallest absolute Gasteiger partial charge is 0.129 e. The van der Waals surface area contributed by atoms with E-state index in [-0.39, 0.29) is 6.61 Å². The van der Waals surface area contributed by atoms with Crippen LogP contribution in [-0.4, -0.2) is 54.3 Å². The van der Waals surface area contributed by atoms with E-state index in [0.717, 1.165) is 61.6 Å². The lowest BCUT2D eigenvalue weighted by molar-refractivity contribution is 0.204. The van der Waals surface area contributed by atoms with E-state index in [0.29, 0.717) is 0 Å². The van der Waals surface area contributed by atoms with Crippen LogP contribution in [-0.2, 0) is 0 Å². The number of hydrogen-bond acceptors (Lipinski definition) is 5. The molecule has 0 radical (unpaired) electrons. The molecule has 5 heteroatoms. The summed E-state index contributed by atoms with van der Waals surface area (Å²) in [5.74, 6) is 1.03. The summed E-state index contributed by atoms with van der Waals surface area (Å²) in [6.07, 6.45) is 1.10. The Labute approximate surface area is 125 Å². The molecule has 21 heavy (non-hydrogen) atoms. The van der Waals surface area contributed by atoms with E-state index in [2.05, 4.69) is 21.9 Å². The first kappa shape index (κ1) is 14.1. The molecule has 0 spiro atoms. The van der Waals surface area contributed by atoms with Gasteiger partial charge in [-0.1, -0.05) is 0 Å². The fourth-order valence-electron chi connectivity index (χ4n) is 2.87. The Balaban J connectivity index is 1.78. The van der Waals surface area contributed by atoms with Crippen LogP contribution in [0.3, 0.4) is 0 Å². The third-order valence-corrected chi connectivity index (χ3v) is 4.03. The minimum Gasteiger partial charge on any atom is -0.399 e. The first-order valence-corrected chi connectivity index (χ1v) is 7.51. The van der Waals surface area contributed by atoms with Gasteiger partial charge in [-0.15, -0.1) is 0 Å². The number of anilines is 2. The van der Waals surface area contributed by atoms with Gasteiger partial charge in [-0.2, -0.15) is 0 Å². The van der Waals surface area contributed by atoms with Crippen LogP contribution < -0.4 is 10.6 Å². The van der Waals surface area contributed by atoms with Gasteiger partial charge in [-0.05, 0) is 43.3 Å². The monoisotopic (exact) mass is 286 g/mol. The normalized spacial score (nSPS) is 17.1. The molecule has 3 rings (SSSR count). The molecule has 0 bridgehead atoms. The molecule has 0 saturated carbocycles. The van der Waals surface area contributed by atoms with Gasteiger partial charge >= 0.3 is 0 Å². The second-order valence-electron chi connectivity index (χ2n) is 5.53. The van der Waals surface area contributed by atoms with E-state index in [1.165, 1.54) is 0 Å². The SMILES string of the molecule is Nc1ccc2nc(N3CCCN(CCO)CC3)ccc2c1. The maximum atomic E-state index is 9.06. The molecule has 1 aliphatic heterocycles. The average Bonchev–Trinajstić information content (AvgIpc) is 2.73. The molecule has 2 aromatic rings. The number of nitrogens with two attached hydrogens (primary N) is 1. The lowest BCUT2D eigenvalue weighted by Gasteiger charge is -2.22. The minimum atomic E-state index is 0.232. The first-order chi connectivity index (χ1) is 10.3. The summed E-state index contributed by atoms with van der Waals surface area (Å²) in [5, 5.41) is 10.1. The number of aromatic nitrogens is 1. The van der Waals surface area contributed by atoms with Crippen LogP contribution in [0.4, 0.5) is 11.5 Å². The van der Waals surface area contributed by atoms with Crippen LogP contribution >= 0.6 is 0 Å². The highest BCUT2D eigenvalue weighted by atomic mass is 16.3. The van der Waals surface area contributed by atoms with Crippen LogP contribution in [0.5, 0.6) is 0 Å². The molecule has 1 aromatic carbocycles. The van der Waals surface area contributed by atoms with Crippen molar-refractivity contribution < 1.29 is 5.11 Å². The lowest BCUT2D eigenvalue weighted by atomic mass is 10.2. The van der Waals surface area contributed by atoms with Gasteiger partial charge in [0.1, 0.15) is 5.82 Å². The number of nitrogens with zero attached hydrogens (tertiary/aromatic N) is 3. The van der Waals surface area contributed by atoms with Crippen LogP contribution in [0.1, 0.15) is 6.42 Å². The van der Waals surface area contributed by atoms with E-state index >= 15 is 0 Å². The number of benzene rings is 1. The van der Waals surface area contributed by atoms with Gasteiger partial charge in [0.05, 0.1) is 12.1 Å². The number of hydrogen-bond donors (Lipinski definition) is 2. The standard InChI is InChI=1S/C16H22N4O/c17-14-3-4-15-13(12-14)2-5-16(18-15)20-7-1-6-19(8-9-20)10-11-21/h2-5,12,21H,1,6-11,17H2. The van der Waals surface area contributed by atoms with Crippen LogP contribution in [0.25, 0.3) is 10.9 Å². The number of nitrogen functional groups attached to an aromatic ring is 1. The zero-order valence-electron chi connectivity index (χ0n) is 12.2. The highest BCUT2D eigenvalue weighted by molar-refractivity contribution is 5.83. The van der Waals surface area contributed by atoms with Crippen molar-refractivity contribution in [3.63, 3.8) is 0 Å². The van der Waals surface area contributed by atoms with Crippen molar-refractivity contribution in [1.82, 2.24) is 9.88 Å². The number of rotatable bonds is 3. The van der Waals surface area contributed by atoms with Crippen molar-refractivity contribution in [3.8, 4) is 0 Å². The summed E-state index contributed by atoms with van der Waals surface area (Å²) in [6.45, 7) is 4.97. The van der Waals surface area contributed by atoms with Gasteiger partial charge in [0.2, 0.25) is 0 Å². The van der Waals surface area contributed by atoms with Crippen molar-refractivity contribution in [1.29, 1.82) is 0 Å². The molecule has 1 fully saturated rings. The van der Waals surface area contributed by atoms with Gasteiger partial charge in [-0.3, -0.25) is 4.90 Å². The van der Waals surface area contributed by atoms with Gasteiger partial charge in [-0.25, -0.2) is 4.98 Å². The molecule has 1 aromatic heterocycles. The van der Waals surface area contributed by atoms with Crippen LogP contribution in [0, 0.1) is 0 Å². The quantitative estimate of drug-likeness (QED) is 0.833. The third kappa shape index (κ3) is 3.25. The Hall–Kier alpha value is -1.85. The topological polar surface area (TPSA) is 65.6 Å². The third-order valence-electron chi connectivity index (χ3n) is 4.03. The highest BCUT2D eigenvalue weighted by Crippen LogP contribution is 2.21. The number of aliphatic hydroxyl groups is 1. The van der Waals surface area contributed by atoms with Crippen LogP contribution in [0.2, 0.25) is 0 Å². The molecular weight excluding hydrogens is 264 g/mol. The van der Waals surface area contributed by atoms with Gasteiger partial charge in [0.15, 0.2) is 0 Å². The molecular formula is C16H22N4O. The Morgan fingerprint density at radius 2 is 2.00 bits per heavy atom. The molecule has 1 saturated heterocycles. The van der Waals surface area contributed by atoms with Crippen molar-refractivity contribution in [2.45, 2.75) is 6.42 Å². The summed E-state index contributed by atoms with van der Waals surface area (Å²) < 4.78 is 0. The first-order valence-electron chi connectivity index (χ1n) is 7.51. The van der Waals surface area contributed by atoms with E-state index in [1.807, 2.05) is 18.2 Å². The summed E-state index contributed by atoms with van der Waals surface area (Å²) in [7, 11) is 0. The van der Waals surface area contributed by atoms with E-state index in [1.54, 1.807) is 0 Å². The van der Waals surface area contributed by atoms with Crippen molar-refractivity contribution in [2.24, 2.45) is 0 Å². The Bertz CT molecular complexity index is 616. The molecule has 0 unspecified atom stereocenters.